The van der Waals surface area contributed by atoms with E-state index in [0.29, 0.717) is 13.0 Å². The third-order valence-electron chi connectivity index (χ3n) is 3.64. The second-order valence-corrected chi connectivity index (χ2v) is 5.20. The molecule has 0 spiro atoms. The quantitative estimate of drug-likeness (QED) is 0.781. The van der Waals surface area contributed by atoms with E-state index in [1.165, 1.54) is 0 Å². The molecule has 1 aromatic heterocycles. The minimum atomic E-state index is -0.341. The fourth-order valence-corrected chi connectivity index (χ4v) is 2.71. The summed E-state index contributed by atoms with van der Waals surface area (Å²) in [6.45, 7) is 3.65. The molecule has 106 valence electrons. The molecule has 1 unspecified atom stereocenters. The maximum atomic E-state index is 12.3. The monoisotopic (exact) mass is 265 g/mol. The molecule has 0 saturated carbocycles. The Morgan fingerprint density at radius 1 is 1.63 bits per heavy atom. The third kappa shape index (κ3) is 3.32. The first-order chi connectivity index (χ1) is 9.16. The highest BCUT2D eigenvalue weighted by atomic mass is 16.2. The van der Waals surface area contributed by atoms with Crippen molar-refractivity contribution in [1.82, 2.24) is 25.4 Å². The molecule has 6 heteroatoms. The van der Waals surface area contributed by atoms with Crippen LogP contribution in [0.15, 0.2) is 6.33 Å². The number of hydrogen-bond acceptors (Lipinski definition) is 4. The lowest BCUT2D eigenvalue weighted by molar-refractivity contribution is -0.127. The van der Waals surface area contributed by atoms with Gasteiger partial charge in [0.25, 0.3) is 0 Å². The number of nitrogens with zero attached hydrogens (tertiary/aromatic N) is 3. The first kappa shape index (κ1) is 14.0. The Bertz CT molecular complexity index is 422. The summed E-state index contributed by atoms with van der Waals surface area (Å²) in [5.41, 5.74) is -0.341. The van der Waals surface area contributed by atoms with E-state index in [0.717, 1.165) is 38.1 Å². The van der Waals surface area contributed by atoms with Crippen molar-refractivity contribution in [3.8, 4) is 0 Å². The normalized spacial score (nSPS) is 22.6. The third-order valence-corrected chi connectivity index (χ3v) is 3.64. The lowest BCUT2D eigenvalue weighted by Gasteiger charge is -2.27. The van der Waals surface area contributed by atoms with Crippen molar-refractivity contribution in [2.45, 2.75) is 44.6 Å². The van der Waals surface area contributed by atoms with Gasteiger partial charge in [-0.1, -0.05) is 13.3 Å². The van der Waals surface area contributed by atoms with Crippen LogP contribution in [0.25, 0.3) is 0 Å². The number of carbonyl (C=O) groups excluding carboxylic acids is 1. The number of carbonyl (C=O) groups is 1. The van der Waals surface area contributed by atoms with Crippen LogP contribution in [-0.4, -0.2) is 39.3 Å². The number of amides is 1. The van der Waals surface area contributed by atoms with Crippen LogP contribution in [-0.2, 0) is 18.3 Å². The summed E-state index contributed by atoms with van der Waals surface area (Å²) in [5, 5.41) is 10.6. The highest BCUT2D eigenvalue weighted by molar-refractivity contribution is 5.86. The van der Waals surface area contributed by atoms with Crippen LogP contribution >= 0.6 is 0 Å². The van der Waals surface area contributed by atoms with Gasteiger partial charge in [-0.2, -0.15) is 5.10 Å². The van der Waals surface area contributed by atoms with Crippen LogP contribution in [0.4, 0.5) is 0 Å². The number of rotatable bonds is 6. The van der Waals surface area contributed by atoms with Crippen LogP contribution in [0.5, 0.6) is 0 Å². The zero-order chi connectivity index (χ0) is 13.7. The van der Waals surface area contributed by atoms with Gasteiger partial charge < -0.3 is 10.6 Å². The van der Waals surface area contributed by atoms with E-state index in [2.05, 4.69) is 27.6 Å². The number of aromatic nitrogens is 3. The first-order valence-corrected chi connectivity index (χ1v) is 7.04. The van der Waals surface area contributed by atoms with Crippen molar-refractivity contribution in [2.24, 2.45) is 7.05 Å². The van der Waals surface area contributed by atoms with Gasteiger partial charge >= 0.3 is 0 Å². The topological polar surface area (TPSA) is 71.8 Å². The molecule has 19 heavy (non-hydrogen) atoms. The summed E-state index contributed by atoms with van der Waals surface area (Å²) in [7, 11) is 1.84. The fraction of sp³-hybridized carbons (Fsp3) is 0.769. The zero-order valence-corrected chi connectivity index (χ0v) is 11.8. The van der Waals surface area contributed by atoms with E-state index in [1.807, 2.05) is 7.05 Å². The molecular weight excluding hydrogens is 242 g/mol. The molecule has 1 amide bonds. The molecule has 1 saturated heterocycles. The second-order valence-electron chi connectivity index (χ2n) is 5.20. The predicted molar refractivity (Wildman–Crippen MR) is 72.6 cm³/mol. The van der Waals surface area contributed by atoms with E-state index >= 15 is 0 Å². The summed E-state index contributed by atoms with van der Waals surface area (Å²) in [5.74, 6) is 0.898. The molecule has 2 N–H and O–H groups in total. The molecule has 0 radical (unpaired) electrons. The Morgan fingerprint density at radius 2 is 2.47 bits per heavy atom. The SMILES string of the molecule is CCCC1(C(=O)NCCc2ncn(C)n2)CCCN1. The van der Waals surface area contributed by atoms with Crippen molar-refractivity contribution in [1.29, 1.82) is 0 Å². The van der Waals surface area contributed by atoms with Crippen LogP contribution in [0.3, 0.4) is 0 Å². The van der Waals surface area contributed by atoms with Gasteiger partial charge in [0.2, 0.25) is 5.91 Å². The first-order valence-electron chi connectivity index (χ1n) is 7.04. The molecule has 0 bridgehead atoms. The Kier molecular flexibility index (Phi) is 4.52. The van der Waals surface area contributed by atoms with Crippen LogP contribution in [0.2, 0.25) is 0 Å². The van der Waals surface area contributed by atoms with E-state index in [1.54, 1.807) is 11.0 Å². The van der Waals surface area contributed by atoms with Gasteiger partial charge in [-0.15, -0.1) is 0 Å². The Hall–Kier alpha value is -1.43. The van der Waals surface area contributed by atoms with Gasteiger partial charge in [0.1, 0.15) is 6.33 Å². The van der Waals surface area contributed by atoms with E-state index in [9.17, 15) is 4.79 Å². The van der Waals surface area contributed by atoms with E-state index in [4.69, 9.17) is 0 Å². The Balaban J connectivity index is 1.82. The molecule has 1 aliphatic heterocycles. The standard InChI is InChI=1S/C13H23N5O/c1-3-6-13(7-4-8-16-13)12(19)14-9-5-11-15-10-18(2)17-11/h10,16H,3-9H2,1-2H3,(H,14,19). The number of aryl methyl sites for hydroxylation is 1. The summed E-state index contributed by atoms with van der Waals surface area (Å²) in [4.78, 5) is 16.5. The second kappa shape index (κ2) is 6.14. The molecule has 2 heterocycles. The average molecular weight is 265 g/mol. The minimum Gasteiger partial charge on any atom is -0.354 e. The van der Waals surface area contributed by atoms with Gasteiger partial charge in [0.15, 0.2) is 5.82 Å². The lowest BCUT2D eigenvalue weighted by Crippen LogP contribution is -2.53. The molecule has 1 aromatic rings. The minimum absolute atomic E-state index is 0.128. The molecule has 0 aliphatic carbocycles. The number of nitrogens with one attached hydrogen (secondary N) is 2. The largest absolute Gasteiger partial charge is 0.354 e. The van der Waals surface area contributed by atoms with Crippen molar-refractivity contribution < 1.29 is 4.79 Å². The average Bonchev–Trinajstić information content (AvgIpc) is 3.00. The van der Waals surface area contributed by atoms with Gasteiger partial charge in [0, 0.05) is 20.0 Å². The Morgan fingerprint density at radius 3 is 3.05 bits per heavy atom. The van der Waals surface area contributed by atoms with Crippen LogP contribution < -0.4 is 10.6 Å². The summed E-state index contributed by atoms with van der Waals surface area (Å²) < 4.78 is 1.67. The fourth-order valence-electron chi connectivity index (χ4n) is 2.71. The van der Waals surface area contributed by atoms with Gasteiger partial charge in [-0.3, -0.25) is 9.48 Å². The smallest absolute Gasteiger partial charge is 0.240 e. The van der Waals surface area contributed by atoms with Crippen molar-refractivity contribution in [2.75, 3.05) is 13.1 Å². The molecular formula is C13H23N5O. The molecule has 1 fully saturated rings. The summed E-state index contributed by atoms with van der Waals surface area (Å²) in [6.07, 6.45) is 6.29. The van der Waals surface area contributed by atoms with E-state index < -0.39 is 0 Å². The van der Waals surface area contributed by atoms with Crippen molar-refractivity contribution in [3.05, 3.63) is 12.2 Å². The molecule has 1 atom stereocenters. The van der Waals surface area contributed by atoms with Crippen LogP contribution in [0.1, 0.15) is 38.4 Å². The Labute approximate surface area is 114 Å². The highest BCUT2D eigenvalue weighted by Gasteiger charge is 2.39. The van der Waals surface area contributed by atoms with Gasteiger partial charge in [0.05, 0.1) is 5.54 Å². The zero-order valence-electron chi connectivity index (χ0n) is 11.8. The van der Waals surface area contributed by atoms with Crippen molar-refractivity contribution >= 4 is 5.91 Å². The predicted octanol–water partition coefficient (Wildman–Crippen LogP) is 0.396. The van der Waals surface area contributed by atoms with E-state index in [-0.39, 0.29) is 11.4 Å². The van der Waals surface area contributed by atoms with Gasteiger partial charge in [-0.25, -0.2) is 4.98 Å². The van der Waals surface area contributed by atoms with Gasteiger partial charge in [-0.05, 0) is 25.8 Å². The molecule has 0 aromatic carbocycles. The molecule has 6 nitrogen and oxygen atoms in total. The summed E-state index contributed by atoms with van der Waals surface area (Å²) in [6, 6.07) is 0. The lowest BCUT2D eigenvalue weighted by atomic mass is 9.91. The maximum Gasteiger partial charge on any atom is 0.240 e. The highest BCUT2D eigenvalue weighted by Crippen LogP contribution is 2.24. The van der Waals surface area contributed by atoms with Crippen molar-refractivity contribution in [3.63, 3.8) is 0 Å². The molecule has 2 rings (SSSR count). The maximum absolute atomic E-state index is 12.3. The summed E-state index contributed by atoms with van der Waals surface area (Å²) >= 11 is 0. The molecule has 1 aliphatic rings. The number of hydrogen-bond donors (Lipinski definition) is 2. The van der Waals surface area contributed by atoms with Crippen LogP contribution in [0, 0.1) is 0 Å².